The SMILES string of the molecule is COc1cccc(C(O)=C2C(=O)C(=O)N(Cc3cccnc3)[C@H]2c2ccccc2OC)c1. The van der Waals surface area contributed by atoms with E-state index in [0.29, 0.717) is 22.6 Å². The van der Waals surface area contributed by atoms with E-state index in [0.717, 1.165) is 5.56 Å². The third-order valence-electron chi connectivity index (χ3n) is 5.39. The quantitative estimate of drug-likeness (QED) is 0.364. The Balaban J connectivity index is 1.90. The number of para-hydroxylation sites is 1. The van der Waals surface area contributed by atoms with Gasteiger partial charge in [0.1, 0.15) is 17.3 Å². The number of rotatable bonds is 6. The van der Waals surface area contributed by atoms with Crippen molar-refractivity contribution in [3.63, 3.8) is 0 Å². The Kier molecular flexibility index (Phi) is 5.89. The minimum absolute atomic E-state index is 0.00311. The van der Waals surface area contributed by atoms with Gasteiger partial charge in [-0.25, -0.2) is 0 Å². The summed E-state index contributed by atoms with van der Waals surface area (Å²) in [6.07, 6.45) is 3.28. The second-order valence-electron chi connectivity index (χ2n) is 7.26. The lowest BCUT2D eigenvalue weighted by atomic mass is 9.94. The Morgan fingerprint density at radius 1 is 1.03 bits per heavy atom. The summed E-state index contributed by atoms with van der Waals surface area (Å²) in [5.41, 5.74) is 1.73. The largest absolute Gasteiger partial charge is 0.507 e. The summed E-state index contributed by atoms with van der Waals surface area (Å²) < 4.78 is 10.8. The van der Waals surface area contributed by atoms with Gasteiger partial charge in [0.15, 0.2) is 0 Å². The molecule has 1 aromatic heterocycles. The van der Waals surface area contributed by atoms with Gasteiger partial charge in [0, 0.05) is 30.1 Å². The van der Waals surface area contributed by atoms with Crippen LogP contribution in [0.1, 0.15) is 22.7 Å². The zero-order valence-corrected chi connectivity index (χ0v) is 17.7. The molecule has 0 saturated carbocycles. The van der Waals surface area contributed by atoms with Crippen LogP contribution in [-0.2, 0) is 16.1 Å². The molecule has 0 bridgehead atoms. The summed E-state index contributed by atoms with van der Waals surface area (Å²) in [6.45, 7) is 0.149. The van der Waals surface area contributed by atoms with Crippen molar-refractivity contribution in [1.29, 1.82) is 0 Å². The molecule has 2 heterocycles. The number of hydrogen-bond donors (Lipinski definition) is 1. The number of carbonyl (C=O) groups is 2. The monoisotopic (exact) mass is 430 g/mol. The Labute approximate surface area is 185 Å². The molecular formula is C25H22N2O5. The maximum Gasteiger partial charge on any atom is 0.295 e. The van der Waals surface area contributed by atoms with E-state index in [4.69, 9.17) is 9.47 Å². The highest BCUT2D eigenvalue weighted by Gasteiger charge is 2.47. The molecule has 2 aromatic carbocycles. The Morgan fingerprint density at radius 3 is 2.56 bits per heavy atom. The first kappa shape index (κ1) is 21.1. The van der Waals surface area contributed by atoms with E-state index in [1.54, 1.807) is 67.0 Å². The number of methoxy groups -OCH3 is 2. The average Bonchev–Trinajstić information content (AvgIpc) is 3.09. The van der Waals surface area contributed by atoms with Crippen LogP contribution >= 0.6 is 0 Å². The molecular weight excluding hydrogens is 408 g/mol. The lowest BCUT2D eigenvalue weighted by Gasteiger charge is -2.26. The van der Waals surface area contributed by atoms with E-state index in [1.165, 1.54) is 19.1 Å². The molecule has 0 spiro atoms. The molecule has 162 valence electrons. The standard InChI is InChI=1S/C25H22N2O5/c1-31-18-9-5-8-17(13-18)23(28)21-22(19-10-3-4-11-20(19)32-2)27(25(30)24(21)29)15-16-7-6-12-26-14-16/h3-14,22,28H,15H2,1-2H3/t22-/m0/s1. The van der Waals surface area contributed by atoms with Crippen molar-refractivity contribution in [2.45, 2.75) is 12.6 Å². The minimum atomic E-state index is -0.836. The van der Waals surface area contributed by atoms with Gasteiger partial charge in [-0.05, 0) is 29.8 Å². The molecule has 4 rings (SSSR count). The van der Waals surface area contributed by atoms with Gasteiger partial charge in [-0.2, -0.15) is 0 Å². The first-order valence-electron chi connectivity index (χ1n) is 9.99. The van der Waals surface area contributed by atoms with E-state index in [-0.39, 0.29) is 17.9 Å². The van der Waals surface area contributed by atoms with Crippen LogP contribution in [-0.4, -0.2) is 40.9 Å². The van der Waals surface area contributed by atoms with Crippen molar-refractivity contribution < 1.29 is 24.2 Å². The summed E-state index contributed by atoms with van der Waals surface area (Å²) in [7, 11) is 3.04. The number of pyridine rings is 1. The smallest absolute Gasteiger partial charge is 0.295 e. The Bertz CT molecular complexity index is 1190. The molecule has 0 radical (unpaired) electrons. The molecule has 7 nitrogen and oxygen atoms in total. The number of hydrogen-bond acceptors (Lipinski definition) is 6. The van der Waals surface area contributed by atoms with Crippen LogP contribution in [0.4, 0.5) is 0 Å². The third-order valence-corrected chi connectivity index (χ3v) is 5.39. The van der Waals surface area contributed by atoms with Gasteiger partial charge < -0.3 is 19.5 Å². The fourth-order valence-electron chi connectivity index (χ4n) is 3.87. The summed E-state index contributed by atoms with van der Waals surface area (Å²) >= 11 is 0. The number of carbonyl (C=O) groups excluding carboxylic acids is 2. The fourth-order valence-corrected chi connectivity index (χ4v) is 3.87. The molecule has 7 heteroatoms. The lowest BCUT2D eigenvalue weighted by Crippen LogP contribution is -2.29. The van der Waals surface area contributed by atoms with E-state index < -0.39 is 17.7 Å². The normalized spacial score (nSPS) is 17.4. The average molecular weight is 430 g/mol. The number of aliphatic hydroxyl groups is 1. The van der Waals surface area contributed by atoms with Crippen LogP contribution < -0.4 is 9.47 Å². The highest BCUT2D eigenvalue weighted by molar-refractivity contribution is 6.46. The van der Waals surface area contributed by atoms with Gasteiger partial charge in [-0.15, -0.1) is 0 Å². The van der Waals surface area contributed by atoms with Crippen molar-refractivity contribution in [2.75, 3.05) is 14.2 Å². The van der Waals surface area contributed by atoms with Crippen molar-refractivity contribution in [1.82, 2.24) is 9.88 Å². The number of ketones is 1. The molecule has 1 aliphatic rings. The lowest BCUT2D eigenvalue weighted by molar-refractivity contribution is -0.140. The van der Waals surface area contributed by atoms with Gasteiger partial charge >= 0.3 is 0 Å². The molecule has 1 aliphatic heterocycles. The maximum absolute atomic E-state index is 13.2. The van der Waals surface area contributed by atoms with Gasteiger partial charge in [-0.1, -0.05) is 36.4 Å². The van der Waals surface area contributed by atoms with Gasteiger partial charge in [0.25, 0.3) is 11.7 Å². The number of likely N-dealkylation sites (tertiary alicyclic amines) is 1. The number of ether oxygens (including phenoxy) is 2. The van der Waals surface area contributed by atoms with E-state index >= 15 is 0 Å². The Morgan fingerprint density at radius 2 is 1.84 bits per heavy atom. The molecule has 1 N–H and O–H groups in total. The third kappa shape index (κ3) is 3.80. The topological polar surface area (TPSA) is 89.0 Å². The van der Waals surface area contributed by atoms with E-state index in [2.05, 4.69) is 4.98 Å². The van der Waals surface area contributed by atoms with Gasteiger partial charge in [0.05, 0.1) is 25.8 Å². The highest BCUT2D eigenvalue weighted by Crippen LogP contribution is 2.43. The molecule has 32 heavy (non-hydrogen) atoms. The molecule has 1 fully saturated rings. The molecule has 0 unspecified atom stereocenters. The molecule has 1 atom stereocenters. The summed E-state index contributed by atoms with van der Waals surface area (Å²) in [5.74, 6) is -0.703. The van der Waals surface area contributed by atoms with Crippen LogP contribution in [0.5, 0.6) is 11.5 Å². The number of amides is 1. The number of aliphatic hydroxyl groups excluding tert-OH is 1. The highest BCUT2D eigenvalue weighted by atomic mass is 16.5. The number of benzene rings is 2. The second kappa shape index (κ2) is 8.93. The van der Waals surface area contributed by atoms with Gasteiger partial charge in [-0.3, -0.25) is 14.6 Å². The van der Waals surface area contributed by atoms with E-state index in [1.807, 2.05) is 6.07 Å². The van der Waals surface area contributed by atoms with Crippen molar-refractivity contribution in [2.24, 2.45) is 0 Å². The van der Waals surface area contributed by atoms with Crippen molar-refractivity contribution >= 4 is 17.4 Å². The number of nitrogens with zero attached hydrogens (tertiary/aromatic N) is 2. The zero-order chi connectivity index (χ0) is 22.7. The molecule has 1 saturated heterocycles. The van der Waals surface area contributed by atoms with Crippen molar-refractivity contribution in [3.8, 4) is 11.5 Å². The zero-order valence-electron chi connectivity index (χ0n) is 17.7. The number of Topliss-reactive ketones (excluding diaryl/α,β-unsaturated/α-hetero) is 1. The van der Waals surface area contributed by atoms with Crippen LogP contribution in [0.25, 0.3) is 5.76 Å². The first-order chi connectivity index (χ1) is 15.5. The van der Waals surface area contributed by atoms with Crippen LogP contribution in [0.2, 0.25) is 0 Å². The minimum Gasteiger partial charge on any atom is -0.507 e. The fraction of sp³-hybridized carbons (Fsp3) is 0.160. The number of aromatic nitrogens is 1. The molecule has 3 aromatic rings. The van der Waals surface area contributed by atoms with E-state index in [9.17, 15) is 14.7 Å². The second-order valence-corrected chi connectivity index (χ2v) is 7.26. The summed E-state index contributed by atoms with van der Waals surface area (Å²) in [6, 6.07) is 16.6. The maximum atomic E-state index is 13.2. The summed E-state index contributed by atoms with van der Waals surface area (Å²) in [4.78, 5) is 31.8. The van der Waals surface area contributed by atoms with Crippen LogP contribution in [0, 0.1) is 0 Å². The predicted molar refractivity (Wildman–Crippen MR) is 118 cm³/mol. The van der Waals surface area contributed by atoms with Crippen LogP contribution in [0.3, 0.4) is 0 Å². The summed E-state index contributed by atoms with van der Waals surface area (Å²) in [5, 5.41) is 11.2. The first-order valence-corrected chi connectivity index (χ1v) is 9.99. The van der Waals surface area contributed by atoms with Crippen molar-refractivity contribution in [3.05, 3.63) is 95.3 Å². The Hall–Kier alpha value is -4.13. The predicted octanol–water partition coefficient (Wildman–Crippen LogP) is 3.72. The van der Waals surface area contributed by atoms with Gasteiger partial charge in [0.2, 0.25) is 0 Å². The molecule has 1 amide bonds. The molecule has 0 aliphatic carbocycles. The van der Waals surface area contributed by atoms with Crippen LogP contribution in [0.15, 0.2) is 78.6 Å².